The molecule has 0 amide bonds. The van der Waals surface area contributed by atoms with Crippen LogP contribution in [0.5, 0.6) is 0 Å². The predicted molar refractivity (Wildman–Crippen MR) is 58.0 cm³/mol. The van der Waals surface area contributed by atoms with E-state index in [0.29, 0.717) is 5.41 Å². The van der Waals surface area contributed by atoms with E-state index < -0.39 is 0 Å². The van der Waals surface area contributed by atoms with E-state index in [-0.39, 0.29) is 0 Å². The summed E-state index contributed by atoms with van der Waals surface area (Å²) in [5.41, 5.74) is 0.557. The van der Waals surface area contributed by atoms with E-state index in [1.807, 2.05) is 0 Å². The van der Waals surface area contributed by atoms with Crippen LogP contribution in [-0.2, 0) is 0 Å². The van der Waals surface area contributed by atoms with Crippen LogP contribution in [0.2, 0.25) is 0 Å². The van der Waals surface area contributed by atoms with Gasteiger partial charge in [-0.05, 0) is 51.4 Å². The lowest BCUT2D eigenvalue weighted by molar-refractivity contribution is 0.137. The third-order valence-corrected chi connectivity index (χ3v) is 3.17. The number of hydrogen-bond donors (Lipinski definition) is 1. The summed E-state index contributed by atoms with van der Waals surface area (Å²) in [6.07, 6.45) is 3.94. The highest BCUT2D eigenvalue weighted by Crippen LogP contribution is 2.29. The molecule has 1 N–H and O–H groups in total. The largest absolute Gasteiger partial charge is 0.316 e. The first kappa shape index (κ1) is 11.0. The molecule has 2 nitrogen and oxygen atoms in total. The molecule has 1 rings (SSSR count). The fraction of sp³-hybridized carbons (Fsp3) is 1.00. The van der Waals surface area contributed by atoms with E-state index in [4.69, 9.17) is 0 Å². The highest BCUT2D eigenvalue weighted by Gasteiger charge is 2.27. The van der Waals surface area contributed by atoms with Crippen LogP contribution in [0, 0.1) is 5.41 Å². The van der Waals surface area contributed by atoms with Gasteiger partial charge in [-0.2, -0.15) is 0 Å². The number of likely N-dealkylation sites (tertiary alicyclic amines) is 1. The van der Waals surface area contributed by atoms with Crippen LogP contribution in [0.15, 0.2) is 0 Å². The molecule has 1 heterocycles. The molecule has 78 valence electrons. The molecule has 1 saturated heterocycles. The second-order valence-electron chi connectivity index (χ2n) is 4.79. The topological polar surface area (TPSA) is 15.3 Å². The minimum absolute atomic E-state index is 0.557. The SMILES string of the molecule is CCCNCC1(C)CCN(C)CC1. The van der Waals surface area contributed by atoms with Gasteiger partial charge in [0.15, 0.2) is 0 Å². The Morgan fingerprint density at radius 3 is 2.46 bits per heavy atom. The number of nitrogens with zero attached hydrogens (tertiary/aromatic N) is 1. The van der Waals surface area contributed by atoms with E-state index >= 15 is 0 Å². The molecular formula is C11H24N2. The fourth-order valence-corrected chi connectivity index (χ4v) is 1.90. The van der Waals surface area contributed by atoms with E-state index in [9.17, 15) is 0 Å². The highest BCUT2D eigenvalue weighted by atomic mass is 15.1. The summed E-state index contributed by atoms with van der Waals surface area (Å²) >= 11 is 0. The van der Waals surface area contributed by atoms with Crippen molar-refractivity contribution in [1.82, 2.24) is 10.2 Å². The Balaban J connectivity index is 2.22. The van der Waals surface area contributed by atoms with Gasteiger partial charge in [0.25, 0.3) is 0 Å². The predicted octanol–water partition coefficient (Wildman–Crippen LogP) is 1.72. The van der Waals surface area contributed by atoms with Crippen LogP contribution < -0.4 is 5.32 Å². The van der Waals surface area contributed by atoms with Gasteiger partial charge in [0.2, 0.25) is 0 Å². The molecule has 0 aliphatic carbocycles. The quantitative estimate of drug-likeness (QED) is 0.669. The Morgan fingerprint density at radius 1 is 1.31 bits per heavy atom. The van der Waals surface area contributed by atoms with Gasteiger partial charge in [-0.1, -0.05) is 13.8 Å². The second-order valence-corrected chi connectivity index (χ2v) is 4.79. The maximum atomic E-state index is 3.54. The average molecular weight is 184 g/mol. The smallest absolute Gasteiger partial charge is 0.000611 e. The van der Waals surface area contributed by atoms with E-state index in [0.717, 1.165) is 0 Å². The Kier molecular flexibility index (Phi) is 4.20. The summed E-state index contributed by atoms with van der Waals surface area (Å²) in [6.45, 7) is 9.56. The van der Waals surface area contributed by atoms with Gasteiger partial charge in [-0.3, -0.25) is 0 Å². The van der Waals surface area contributed by atoms with E-state index in [1.165, 1.54) is 45.4 Å². The van der Waals surface area contributed by atoms with Gasteiger partial charge in [0, 0.05) is 6.54 Å². The van der Waals surface area contributed by atoms with Crippen LogP contribution >= 0.6 is 0 Å². The zero-order chi connectivity index (χ0) is 9.73. The number of rotatable bonds is 4. The Labute approximate surface area is 82.7 Å². The molecule has 2 heteroatoms. The second kappa shape index (κ2) is 4.97. The third kappa shape index (κ3) is 3.65. The van der Waals surface area contributed by atoms with E-state index in [2.05, 4.69) is 31.1 Å². The molecule has 1 aliphatic heterocycles. The van der Waals surface area contributed by atoms with Crippen LogP contribution in [0.25, 0.3) is 0 Å². The molecule has 0 aromatic heterocycles. The van der Waals surface area contributed by atoms with Crippen LogP contribution in [0.3, 0.4) is 0 Å². The zero-order valence-electron chi connectivity index (χ0n) is 9.40. The maximum absolute atomic E-state index is 3.54. The lowest BCUT2D eigenvalue weighted by Crippen LogP contribution is -2.42. The van der Waals surface area contributed by atoms with Crippen molar-refractivity contribution in [2.45, 2.75) is 33.1 Å². The summed E-state index contributed by atoms with van der Waals surface area (Å²) in [5.74, 6) is 0. The molecular weight excluding hydrogens is 160 g/mol. The van der Waals surface area contributed by atoms with Crippen molar-refractivity contribution >= 4 is 0 Å². The van der Waals surface area contributed by atoms with Crippen LogP contribution in [0.1, 0.15) is 33.1 Å². The zero-order valence-corrected chi connectivity index (χ0v) is 9.40. The molecule has 0 bridgehead atoms. The molecule has 13 heavy (non-hydrogen) atoms. The van der Waals surface area contributed by atoms with Crippen molar-refractivity contribution < 1.29 is 0 Å². The molecule has 0 saturated carbocycles. The first-order valence-corrected chi connectivity index (χ1v) is 5.55. The molecule has 1 fully saturated rings. The van der Waals surface area contributed by atoms with Gasteiger partial charge in [-0.15, -0.1) is 0 Å². The van der Waals surface area contributed by atoms with Crippen LogP contribution in [-0.4, -0.2) is 38.1 Å². The lowest BCUT2D eigenvalue weighted by Gasteiger charge is -2.38. The highest BCUT2D eigenvalue weighted by molar-refractivity contribution is 4.82. The Hall–Kier alpha value is -0.0800. The summed E-state index contributed by atoms with van der Waals surface area (Å²) in [4.78, 5) is 2.43. The third-order valence-electron chi connectivity index (χ3n) is 3.17. The minimum atomic E-state index is 0.557. The normalized spacial score (nSPS) is 23.3. The van der Waals surface area contributed by atoms with Crippen molar-refractivity contribution in [3.63, 3.8) is 0 Å². The molecule has 0 aromatic rings. The molecule has 0 aromatic carbocycles. The Bertz CT molecular complexity index is 137. The molecule has 0 atom stereocenters. The summed E-state index contributed by atoms with van der Waals surface area (Å²) in [5, 5.41) is 3.54. The van der Waals surface area contributed by atoms with Crippen molar-refractivity contribution in [3.05, 3.63) is 0 Å². The fourth-order valence-electron chi connectivity index (χ4n) is 1.90. The number of piperidine rings is 1. The molecule has 0 radical (unpaired) electrons. The van der Waals surface area contributed by atoms with Gasteiger partial charge >= 0.3 is 0 Å². The van der Waals surface area contributed by atoms with Crippen molar-refractivity contribution in [3.8, 4) is 0 Å². The summed E-state index contributed by atoms with van der Waals surface area (Å²) in [7, 11) is 2.22. The average Bonchev–Trinajstić information content (AvgIpc) is 2.12. The number of hydrogen-bond acceptors (Lipinski definition) is 2. The van der Waals surface area contributed by atoms with Crippen molar-refractivity contribution in [2.24, 2.45) is 5.41 Å². The number of nitrogens with one attached hydrogen (secondary N) is 1. The Morgan fingerprint density at radius 2 is 1.92 bits per heavy atom. The molecule has 0 unspecified atom stereocenters. The molecule has 0 spiro atoms. The van der Waals surface area contributed by atoms with Gasteiger partial charge in [0.1, 0.15) is 0 Å². The first-order valence-electron chi connectivity index (χ1n) is 5.55. The monoisotopic (exact) mass is 184 g/mol. The first-order chi connectivity index (χ1) is 6.16. The maximum Gasteiger partial charge on any atom is 0.000611 e. The standard InChI is InChI=1S/C11H24N2/c1-4-7-12-10-11(2)5-8-13(3)9-6-11/h12H,4-10H2,1-3H3. The minimum Gasteiger partial charge on any atom is -0.316 e. The summed E-state index contributed by atoms with van der Waals surface area (Å²) < 4.78 is 0. The van der Waals surface area contributed by atoms with Gasteiger partial charge < -0.3 is 10.2 Å². The van der Waals surface area contributed by atoms with Crippen molar-refractivity contribution in [2.75, 3.05) is 33.2 Å². The molecule has 1 aliphatic rings. The lowest BCUT2D eigenvalue weighted by atomic mass is 9.80. The van der Waals surface area contributed by atoms with Crippen molar-refractivity contribution in [1.29, 1.82) is 0 Å². The van der Waals surface area contributed by atoms with Gasteiger partial charge in [0.05, 0.1) is 0 Å². The summed E-state index contributed by atoms with van der Waals surface area (Å²) in [6, 6.07) is 0. The van der Waals surface area contributed by atoms with Gasteiger partial charge in [-0.25, -0.2) is 0 Å². The van der Waals surface area contributed by atoms with E-state index in [1.54, 1.807) is 0 Å². The van der Waals surface area contributed by atoms with Crippen LogP contribution in [0.4, 0.5) is 0 Å².